The van der Waals surface area contributed by atoms with Crippen molar-refractivity contribution in [1.82, 2.24) is 25.0 Å². The van der Waals surface area contributed by atoms with Crippen LogP contribution in [-0.4, -0.2) is 91.6 Å². The maximum Gasteiger partial charge on any atom is 0.207 e. The van der Waals surface area contributed by atoms with E-state index in [-0.39, 0.29) is 17.4 Å². The molecule has 2 fully saturated rings. The van der Waals surface area contributed by atoms with E-state index in [1.807, 2.05) is 0 Å². The van der Waals surface area contributed by atoms with Crippen LogP contribution in [0.25, 0.3) is 0 Å². The highest BCUT2D eigenvalue weighted by Crippen LogP contribution is 2.42. The van der Waals surface area contributed by atoms with Crippen LogP contribution >= 0.6 is 0 Å². The van der Waals surface area contributed by atoms with Crippen LogP contribution in [0.3, 0.4) is 0 Å². The molecular weight excluding hydrogens is 585 g/mol. The normalized spacial score (nSPS) is 19.1. The molecule has 1 amide bonds. The zero-order valence-corrected chi connectivity index (χ0v) is 26.2. The largest absolute Gasteiger partial charge is 0.383 e. The number of nitrogens with zero attached hydrogens (tertiary/aromatic N) is 4. The molecular formula is C33H45F3N6O3. The fraction of sp³-hybridized carbons (Fsp3) is 0.545. The number of hydrogen-bond donors (Lipinski definition) is 2. The van der Waals surface area contributed by atoms with Gasteiger partial charge in [-0.2, -0.15) is 0 Å². The van der Waals surface area contributed by atoms with Gasteiger partial charge >= 0.3 is 0 Å². The van der Waals surface area contributed by atoms with Crippen molar-refractivity contribution < 1.29 is 27.5 Å². The third kappa shape index (κ3) is 9.35. The van der Waals surface area contributed by atoms with Crippen LogP contribution in [0, 0.1) is 17.5 Å². The maximum atomic E-state index is 15.4. The Labute approximate surface area is 263 Å². The van der Waals surface area contributed by atoms with Gasteiger partial charge in [-0.1, -0.05) is 12.8 Å². The van der Waals surface area contributed by atoms with Gasteiger partial charge in [-0.15, -0.1) is 0 Å². The maximum absolute atomic E-state index is 15.4. The molecule has 1 saturated heterocycles. The molecule has 12 heteroatoms. The minimum atomic E-state index is -0.490. The summed E-state index contributed by atoms with van der Waals surface area (Å²) in [6.45, 7) is 3.81. The minimum absolute atomic E-state index is 0.0863. The molecule has 1 aliphatic heterocycles. The Balaban J connectivity index is 1.60. The first kappa shape index (κ1) is 34.6. The number of aromatic nitrogens is 1. The second kappa shape index (κ2) is 16.8. The summed E-state index contributed by atoms with van der Waals surface area (Å²) in [5, 5.41) is 6.19. The predicted octanol–water partition coefficient (Wildman–Crippen LogP) is 3.23. The number of aryl methyl sites for hydroxylation is 1. The van der Waals surface area contributed by atoms with Gasteiger partial charge in [0.15, 0.2) is 0 Å². The molecule has 1 saturated carbocycles. The molecule has 1 spiro atoms. The summed E-state index contributed by atoms with van der Waals surface area (Å²) in [7, 11) is 3.32. The number of benzene rings is 1. The third-order valence-electron chi connectivity index (χ3n) is 9.04. The number of hydrogen-bond acceptors (Lipinski definition) is 7. The monoisotopic (exact) mass is 630 g/mol. The highest BCUT2D eigenvalue weighted by atomic mass is 19.1. The lowest BCUT2D eigenvalue weighted by Crippen LogP contribution is -2.62. The van der Waals surface area contributed by atoms with Gasteiger partial charge in [-0.25, -0.2) is 18.2 Å². The van der Waals surface area contributed by atoms with Crippen molar-refractivity contribution in [2.75, 3.05) is 53.0 Å². The lowest BCUT2D eigenvalue weighted by atomic mass is 9.87. The first-order valence-corrected chi connectivity index (χ1v) is 15.6. The Hall–Kier alpha value is -3.32. The lowest BCUT2D eigenvalue weighted by Gasteiger charge is -2.52. The average molecular weight is 631 g/mol. The first-order valence-electron chi connectivity index (χ1n) is 15.6. The Bertz CT molecular complexity index is 1380. The lowest BCUT2D eigenvalue weighted by molar-refractivity contribution is -0.109. The van der Waals surface area contributed by atoms with Gasteiger partial charge in [0.05, 0.1) is 6.61 Å². The summed E-state index contributed by atoms with van der Waals surface area (Å²) in [5.41, 5.74) is 1.11. The van der Waals surface area contributed by atoms with Crippen molar-refractivity contribution >= 4 is 12.7 Å². The number of nitrogens with one attached hydrogen (secondary N) is 2. The van der Waals surface area contributed by atoms with E-state index in [1.165, 1.54) is 24.4 Å². The summed E-state index contributed by atoms with van der Waals surface area (Å²) < 4.78 is 50.2. The van der Waals surface area contributed by atoms with Crippen molar-refractivity contribution in [3.8, 4) is 0 Å². The number of rotatable bonds is 16. The summed E-state index contributed by atoms with van der Waals surface area (Å²) >= 11 is 0. The molecule has 1 aromatic heterocycles. The van der Waals surface area contributed by atoms with E-state index in [2.05, 4.69) is 25.4 Å². The van der Waals surface area contributed by atoms with Crippen LogP contribution in [0.15, 0.2) is 53.3 Å². The van der Waals surface area contributed by atoms with Gasteiger partial charge in [-0.05, 0) is 56.0 Å². The van der Waals surface area contributed by atoms with Crippen LogP contribution in [0.5, 0.6) is 0 Å². The van der Waals surface area contributed by atoms with Gasteiger partial charge < -0.3 is 19.9 Å². The molecule has 2 aliphatic rings. The number of piperazine rings is 1. The van der Waals surface area contributed by atoms with Gasteiger partial charge in [0, 0.05) is 94.6 Å². The van der Waals surface area contributed by atoms with E-state index in [9.17, 15) is 18.4 Å². The van der Waals surface area contributed by atoms with Crippen molar-refractivity contribution in [2.24, 2.45) is 12.0 Å². The number of aldehydes is 1. The molecule has 246 valence electrons. The fourth-order valence-electron chi connectivity index (χ4n) is 6.74. The molecule has 0 radical (unpaired) electrons. The van der Waals surface area contributed by atoms with Crippen molar-refractivity contribution in [3.05, 3.63) is 76.8 Å². The second-order valence-corrected chi connectivity index (χ2v) is 12.0. The van der Waals surface area contributed by atoms with Crippen LogP contribution < -0.4 is 16.1 Å². The van der Waals surface area contributed by atoms with Crippen LogP contribution in [0.4, 0.5) is 13.2 Å². The van der Waals surface area contributed by atoms with E-state index < -0.39 is 17.7 Å². The predicted molar refractivity (Wildman–Crippen MR) is 165 cm³/mol. The zero-order chi connectivity index (χ0) is 32.2. The van der Waals surface area contributed by atoms with Crippen molar-refractivity contribution in [3.63, 3.8) is 0 Å². The van der Waals surface area contributed by atoms with E-state index in [0.717, 1.165) is 38.0 Å². The number of pyridine rings is 1. The van der Waals surface area contributed by atoms with Gasteiger partial charge in [0.25, 0.3) is 0 Å². The van der Waals surface area contributed by atoms with E-state index in [1.54, 1.807) is 31.0 Å². The van der Waals surface area contributed by atoms with Gasteiger partial charge in [-0.3, -0.25) is 19.4 Å². The topological polar surface area (TPSA) is 91.2 Å². The second-order valence-electron chi connectivity index (χ2n) is 12.0. The summed E-state index contributed by atoms with van der Waals surface area (Å²) in [4.78, 5) is 32.1. The zero-order valence-electron chi connectivity index (χ0n) is 26.2. The van der Waals surface area contributed by atoms with Gasteiger partial charge in [0.1, 0.15) is 29.2 Å². The summed E-state index contributed by atoms with van der Waals surface area (Å²) in [6.07, 6.45) is 9.41. The smallest absolute Gasteiger partial charge is 0.207 e. The average Bonchev–Trinajstić information content (AvgIpc) is 3.49. The molecule has 2 atom stereocenters. The van der Waals surface area contributed by atoms with E-state index in [4.69, 9.17) is 4.74 Å². The quantitative estimate of drug-likeness (QED) is 0.168. The molecule has 4 rings (SSSR count). The van der Waals surface area contributed by atoms with Crippen molar-refractivity contribution in [2.45, 2.75) is 56.1 Å². The highest BCUT2D eigenvalue weighted by molar-refractivity contribution is 5.73. The first-order chi connectivity index (χ1) is 21.8. The summed E-state index contributed by atoms with van der Waals surface area (Å²) in [6, 6.07) is 6.01. The number of methoxy groups -OCH3 is 1. The van der Waals surface area contributed by atoms with E-state index in [0.29, 0.717) is 81.8 Å². The number of amides is 1. The standard InChI is InChI=1S/C33H45F3N6O3/c1-40-21-27(35)6-8-32(40)39-19-25(22-43)20-42-15-14-41(23-33(42)10-3-4-11-33)31(29-17-26(34)5-7-30(29)36)18-28(9-12-37-24-44)38-13-16-45-2/h5-8,17,19,21-22,24,28,31,38H,3-4,9-16,18,20,23H2,1-2H3,(H,37,44)/b25-19-,39-32?. The molecule has 2 heterocycles. The highest BCUT2D eigenvalue weighted by Gasteiger charge is 2.45. The number of ether oxygens (including phenoxy) is 1. The number of halogens is 3. The van der Waals surface area contributed by atoms with Crippen LogP contribution in [-0.2, 0) is 21.4 Å². The molecule has 1 aliphatic carbocycles. The third-order valence-corrected chi connectivity index (χ3v) is 9.04. The summed E-state index contributed by atoms with van der Waals surface area (Å²) in [5.74, 6) is -1.31. The van der Waals surface area contributed by atoms with Gasteiger partial charge in [0.2, 0.25) is 6.41 Å². The number of carbonyl (C=O) groups is 2. The molecule has 0 bridgehead atoms. The fourth-order valence-corrected chi connectivity index (χ4v) is 6.74. The Morgan fingerprint density at radius 2 is 1.87 bits per heavy atom. The SMILES string of the molecule is COCCNC(CCNC=O)CC(c1cc(F)ccc1F)N1CCN(C/C(C=O)=C/N=c2ccc(F)cn2C)C2(CCCC2)C1. The van der Waals surface area contributed by atoms with E-state index >= 15 is 4.39 Å². The number of carbonyl (C=O) groups excluding carboxylic acids is 2. The molecule has 1 aromatic carbocycles. The Kier molecular flexibility index (Phi) is 12.9. The minimum Gasteiger partial charge on any atom is -0.383 e. The molecule has 2 N–H and O–H groups in total. The van der Waals surface area contributed by atoms with Crippen molar-refractivity contribution in [1.29, 1.82) is 0 Å². The Morgan fingerprint density at radius 1 is 1.09 bits per heavy atom. The van der Waals surface area contributed by atoms with Crippen LogP contribution in [0.1, 0.15) is 50.1 Å². The molecule has 2 aromatic rings. The Morgan fingerprint density at radius 3 is 2.58 bits per heavy atom. The van der Waals surface area contributed by atoms with Crippen LogP contribution in [0.2, 0.25) is 0 Å². The molecule has 2 unspecified atom stereocenters. The molecule has 45 heavy (non-hydrogen) atoms. The molecule has 9 nitrogen and oxygen atoms in total.